The molecule has 1 aliphatic rings. The van der Waals surface area contributed by atoms with E-state index < -0.39 is 0 Å². The summed E-state index contributed by atoms with van der Waals surface area (Å²) < 4.78 is 2.13. The summed E-state index contributed by atoms with van der Waals surface area (Å²) in [5.41, 5.74) is 1.58. The molecule has 1 aromatic heterocycles. The van der Waals surface area contributed by atoms with Crippen molar-refractivity contribution in [2.45, 2.75) is 31.6 Å². The number of nitrogens with zero attached hydrogens (tertiary/aromatic N) is 1. The lowest BCUT2D eigenvalue weighted by molar-refractivity contribution is 0.675. The van der Waals surface area contributed by atoms with E-state index in [9.17, 15) is 4.79 Å². The third-order valence-electron chi connectivity index (χ3n) is 3.78. The highest BCUT2D eigenvalue weighted by molar-refractivity contribution is 9.10. The molecule has 1 aliphatic carbocycles. The predicted molar refractivity (Wildman–Crippen MR) is 85.3 cm³/mol. The molecule has 0 radical (unpaired) electrons. The molecule has 106 valence electrons. The van der Waals surface area contributed by atoms with Crippen LogP contribution in [0.1, 0.15) is 37.3 Å². The Morgan fingerprint density at radius 3 is 2.55 bits per heavy atom. The molecule has 0 amide bonds. The summed E-state index contributed by atoms with van der Waals surface area (Å²) in [5, 5.41) is 4.12. The van der Waals surface area contributed by atoms with Gasteiger partial charge in [-0.25, -0.2) is 4.68 Å². The zero-order chi connectivity index (χ0) is 14.3. The summed E-state index contributed by atoms with van der Waals surface area (Å²) in [6.45, 7) is 0. The van der Waals surface area contributed by atoms with Gasteiger partial charge in [-0.05, 0) is 47.0 Å². The molecule has 0 aliphatic heterocycles. The minimum absolute atomic E-state index is 0.0923. The van der Waals surface area contributed by atoms with E-state index in [2.05, 4.69) is 21.0 Å². The van der Waals surface area contributed by atoms with Gasteiger partial charge in [0.2, 0.25) is 0 Å². The Morgan fingerprint density at radius 2 is 1.90 bits per heavy atom. The van der Waals surface area contributed by atoms with Crippen molar-refractivity contribution >= 4 is 39.1 Å². The third kappa shape index (κ3) is 2.45. The topological polar surface area (TPSA) is 37.8 Å². The molecule has 1 heterocycles. The van der Waals surface area contributed by atoms with Crippen LogP contribution in [0.2, 0.25) is 10.0 Å². The fourth-order valence-corrected chi connectivity index (χ4v) is 3.61. The normalized spacial score (nSPS) is 15.9. The predicted octanol–water partition coefficient (Wildman–Crippen LogP) is 4.89. The van der Waals surface area contributed by atoms with Gasteiger partial charge in [-0.3, -0.25) is 9.89 Å². The third-order valence-corrected chi connectivity index (χ3v) is 5.29. The number of rotatable bonds is 2. The average Bonchev–Trinajstić information content (AvgIpc) is 3.04. The Balaban J connectivity index is 2.07. The minimum atomic E-state index is -0.0923. The Kier molecular flexibility index (Phi) is 3.98. The number of aromatic amines is 1. The van der Waals surface area contributed by atoms with E-state index >= 15 is 0 Å². The van der Waals surface area contributed by atoms with E-state index in [-0.39, 0.29) is 5.56 Å². The van der Waals surface area contributed by atoms with Crippen LogP contribution in [0.25, 0.3) is 5.69 Å². The molecular weight excluding hydrogens is 363 g/mol. The van der Waals surface area contributed by atoms with Crippen molar-refractivity contribution in [3.63, 3.8) is 0 Å². The molecule has 6 heteroatoms. The lowest BCUT2D eigenvalue weighted by Crippen LogP contribution is -2.14. The second-order valence-corrected chi connectivity index (χ2v) is 6.67. The second-order valence-electron chi connectivity index (χ2n) is 5.06. The van der Waals surface area contributed by atoms with Crippen LogP contribution in [-0.2, 0) is 0 Å². The van der Waals surface area contributed by atoms with Gasteiger partial charge in [-0.15, -0.1) is 0 Å². The van der Waals surface area contributed by atoms with Crippen LogP contribution >= 0.6 is 39.1 Å². The van der Waals surface area contributed by atoms with Crippen LogP contribution < -0.4 is 5.56 Å². The Morgan fingerprint density at radius 1 is 1.20 bits per heavy atom. The second kappa shape index (κ2) is 5.58. The van der Waals surface area contributed by atoms with Crippen molar-refractivity contribution in [1.82, 2.24) is 9.78 Å². The highest BCUT2D eigenvalue weighted by Gasteiger charge is 2.24. The van der Waals surface area contributed by atoms with Gasteiger partial charge in [0.15, 0.2) is 0 Å². The fourth-order valence-electron chi connectivity index (χ4n) is 2.72. The van der Waals surface area contributed by atoms with E-state index in [0.717, 1.165) is 18.5 Å². The van der Waals surface area contributed by atoms with Gasteiger partial charge >= 0.3 is 0 Å². The van der Waals surface area contributed by atoms with Crippen LogP contribution in [0.5, 0.6) is 0 Å². The minimum Gasteiger partial charge on any atom is -0.294 e. The van der Waals surface area contributed by atoms with Gasteiger partial charge in [0.25, 0.3) is 5.56 Å². The van der Waals surface area contributed by atoms with Gasteiger partial charge in [0.1, 0.15) is 4.47 Å². The summed E-state index contributed by atoms with van der Waals surface area (Å²) in [5.74, 6) is 0.432. The number of nitrogens with one attached hydrogen (secondary N) is 1. The standard InChI is InChI=1S/C14H13BrCl2N2O/c15-12-13(8-3-1-2-4-8)18-19(14(12)20)9-5-6-10(16)11(17)7-9/h5-8,18H,1-4H2. The smallest absolute Gasteiger partial charge is 0.285 e. The molecule has 20 heavy (non-hydrogen) atoms. The molecule has 3 rings (SSSR count). The van der Waals surface area contributed by atoms with Crippen molar-refractivity contribution in [1.29, 1.82) is 0 Å². The molecule has 2 aromatic rings. The van der Waals surface area contributed by atoms with E-state index in [0.29, 0.717) is 26.1 Å². The number of benzene rings is 1. The van der Waals surface area contributed by atoms with E-state index in [1.807, 2.05) is 0 Å². The Labute approximate surface area is 135 Å². The maximum Gasteiger partial charge on any atom is 0.285 e. The molecule has 1 fully saturated rings. The van der Waals surface area contributed by atoms with Gasteiger partial charge < -0.3 is 0 Å². The maximum atomic E-state index is 12.4. The van der Waals surface area contributed by atoms with E-state index in [1.54, 1.807) is 18.2 Å². The average molecular weight is 376 g/mol. The summed E-state index contributed by atoms with van der Waals surface area (Å²) >= 11 is 15.3. The zero-order valence-electron chi connectivity index (χ0n) is 10.6. The summed E-state index contributed by atoms with van der Waals surface area (Å²) in [6.07, 6.45) is 4.69. The number of hydrogen-bond donors (Lipinski definition) is 1. The first-order chi connectivity index (χ1) is 9.58. The van der Waals surface area contributed by atoms with Gasteiger partial charge in [-0.1, -0.05) is 36.0 Å². The number of hydrogen-bond acceptors (Lipinski definition) is 1. The molecule has 0 atom stereocenters. The monoisotopic (exact) mass is 374 g/mol. The lowest BCUT2D eigenvalue weighted by Gasteiger charge is -2.07. The Hall–Kier alpha value is -0.710. The summed E-state index contributed by atoms with van der Waals surface area (Å²) in [6, 6.07) is 5.15. The lowest BCUT2D eigenvalue weighted by atomic mass is 10.1. The SMILES string of the molecule is O=c1c(Br)c(C2CCCC2)[nH]n1-c1ccc(Cl)c(Cl)c1. The molecule has 0 spiro atoms. The van der Waals surface area contributed by atoms with Crippen LogP contribution in [0.15, 0.2) is 27.5 Å². The molecule has 1 aromatic carbocycles. The van der Waals surface area contributed by atoms with E-state index in [4.69, 9.17) is 23.2 Å². The van der Waals surface area contributed by atoms with Crippen LogP contribution in [0.3, 0.4) is 0 Å². The van der Waals surface area contributed by atoms with Crippen LogP contribution in [0, 0.1) is 0 Å². The molecule has 1 N–H and O–H groups in total. The van der Waals surface area contributed by atoms with Crippen LogP contribution in [-0.4, -0.2) is 9.78 Å². The van der Waals surface area contributed by atoms with Gasteiger partial charge in [0, 0.05) is 5.92 Å². The van der Waals surface area contributed by atoms with Crippen molar-refractivity contribution in [2.75, 3.05) is 0 Å². The highest BCUT2D eigenvalue weighted by Crippen LogP contribution is 2.36. The summed E-state index contributed by atoms with van der Waals surface area (Å²) in [4.78, 5) is 12.4. The highest BCUT2D eigenvalue weighted by atomic mass is 79.9. The first-order valence-corrected chi connectivity index (χ1v) is 8.08. The number of halogens is 3. The van der Waals surface area contributed by atoms with E-state index in [1.165, 1.54) is 17.5 Å². The van der Waals surface area contributed by atoms with Crippen molar-refractivity contribution in [3.05, 3.63) is 48.8 Å². The molecule has 0 unspecified atom stereocenters. The first-order valence-electron chi connectivity index (χ1n) is 6.54. The first kappa shape index (κ1) is 14.2. The van der Waals surface area contributed by atoms with Crippen molar-refractivity contribution in [3.8, 4) is 5.69 Å². The van der Waals surface area contributed by atoms with Crippen molar-refractivity contribution in [2.24, 2.45) is 0 Å². The van der Waals surface area contributed by atoms with Gasteiger partial charge in [-0.2, -0.15) is 0 Å². The molecule has 1 saturated carbocycles. The summed E-state index contributed by atoms with van der Waals surface area (Å²) in [7, 11) is 0. The zero-order valence-corrected chi connectivity index (χ0v) is 13.7. The maximum absolute atomic E-state index is 12.4. The van der Waals surface area contributed by atoms with Gasteiger partial charge in [0.05, 0.1) is 21.4 Å². The number of aromatic nitrogens is 2. The molecular formula is C14H13BrCl2N2O. The largest absolute Gasteiger partial charge is 0.294 e. The quantitative estimate of drug-likeness (QED) is 0.796. The number of H-pyrrole nitrogens is 1. The molecule has 0 saturated heterocycles. The van der Waals surface area contributed by atoms with Crippen LogP contribution in [0.4, 0.5) is 0 Å². The van der Waals surface area contributed by atoms with Crippen molar-refractivity contribution < 1.29 is 0 Å². The Bertz CT molecular complexity index is 702. The molecule has 3 nitrogen and oxygen atoms in total. The fraction of sp³-hybridized carbons (Fsp3) is 0.357. The molecule has 0 bridgehead atoms.